The Hall–Kier alpha value is -1.94. The first-order chi connectivity index (χ1) is 9.75. The SMILES string of the molecule is NC(=S)Nc1ccccc1.[Cu].c1ccc2ncccc2c1. The number of nitrogens with two attached hydrogens (primary N) is 1. The van der Waals surface area contributed by atoms with Gasteiger partial charge < -0.3 is 11.1 Å². The minimum Gasteiger partial charge on any atom is -0.376 e. The average Bonchev–Trinajstić information content (AvgIpc) is 2.48. The zero-order chi connectivity index (χ0) is 14.2. The molecule has 0 saturated heterocycles. The van der Waals surface area contributed by atoms with Crippen LogP contribution in [0.15, 0.2) is 72.9 Å². The van der Waals surface area contributed by atoms with Crippen molar-refractivity contribution in [2.45, 2.75) is 0 Å². The summed E-state index contributed by atoms with van der Waals surface area (Å²) in [6, 6.07) is 21.7. The van der Waals surface area contributed by atoms with Crippen LogP contribution in [0.5, 0.6) is 0 Å². The zero-order valence-electron chi connectivity index (χ0n) is 11.2. The van der Waals surface area contributed by atoms with Gasteiger partial charge in [-0.3, -0.25) is 4.98 Å². The topological polar surface area (TPSA) is 50.9 Å². The van der Waals surface area contributed by atoms with Gasteiger partial charge in [0.1, 0.15) is 0 Å². The summed E-state index contributed by atoms with van der Waals surface area (Å²) in [5.41, 5.74) is 7.23. The van der Waals surface area contributed by atoms with Crippen LogP contribution in [0.3, 0.4) is 0 Å². The molecule has 1 heterocycles. The Morgan fingerprint density at radius 1 is 0.905 bits per heavy atom. The van der Waals surface area contributed by atoms with Crippen molar-refractivity contribution in [2.75, 3.05) is 5.32 Å². The summed E-state index contributed by atoms with van der Waals surface area (Å²) in [4.78, 5) is 4.18. The zero-order valence-corrected chi connectivity index (χ0v) is 12.9. The smallest absolute Gasteiger partial charge is 0.168 e. The van der Waals surface area contributed by atoms with Crippen LogP contribution in [-0.4, -0.2) is 10.1 Å². The van der Waals surface area contributed by atoms with Crippen LogP contribution in [0, 0.1) is 0 Å². The second kappa shape index (κ2) is 9.08. The number of pyridine rings is 1. The van der Waals surface area contributed by atoms with E-state index in [1.165, 1.54) is 5.39 Å². The van der Waals surface area contributed by atoms with Crippen molar-refractivity contribution < 1.29 is 17.1 Å². The van der Waals surface area contributed by atoms with Crippen LogP contribution >= 0.6 is 12.2 Å². The number of nitrogens with one attached hydrogen (secondary N) is 1. The predicted molar refractivity (Wildman–Crippen MR) is 88.6 cm³/mol. The monoisotopic (exact) mass is 344 g/mol. The number of rotatable bonds is 1. The largest absolute Gasteiger partial charge is 0.376 e. The summed E-state index contributed by atoms with van der Waals surface area (Å²) in [5, 5.41) is 4.31. The van der Waals surface area contributed by atoms with E-state index in [2.05, 4.69) is 34.7 Å². The molecule has 3 nitrogen and oxygen atoms in total. The van der Waals surface area contributed by atoms with Crippen LogP contribution in [0.2, 0.25) is 0 Å². The molecule has 3 aromatic rings. The van der Waals surface area contributed by atoms with Gasteiger partial charge in [-0.1, -0.05) is 42.5 Å². The van der Waals surface area contributed by atoms with Gasteiger partial charge in [0.05, 0.1) is 5.52 Å². The van der Waals surface area contributed by atoms with Gasteiger partial charge in [-0.05, 0) is 36.5 Å². The molecule has 0 aliphatic rings. The maximum atomic E-state index is 5.24. The Balaban J connectivity index is 0.000000200. The Bertz CT molecular complexity index is 624. The molecule has 3 N–H and O–H groups in total. The molecule has 0 fully saturated rings. The van der Waals surface area contributed by atoms with Crippen LogP contribution in [-0.2, 0) is 17.1 Å². The van der Waals surface area contributed by atoms with Crippen molar-refractivity contribution in [3.8, 4) is 0 Å². The third-order valence-electron chi connectivity index (χ3n) is 2.55. The van der Waals surface area contributed by atoms with Gasteiger partial charge in [-0.15, -0.1) is 0 Å². The molecule has 2 aromatic carbocycles. The molecule has 1 aromatic heterocycles. The van der Waals surface area contributed by atoms with E-state index in [1.807, 2.05) is 60.8 Å². The molecule has 5 heteroatoms. The van der Waals surface area contributed by atoms with Crippen molar-refractivity contribution in [2.24, 2.45) is 5.73 Å². The van der Waals surface area contributed by atoms with Gasteiger partial charge in [-0.2, -0.15) is 0 Å². The molecule has 1 radical (unpaired) electrons. The van der Waals surface area contributed by atoms with E-state index in [0.29, 0.717) is 5.11 Å². The Morgan fingerprint density at radius 2 is 1.52 bits per heavy atom. The van der Waals surface area contributed by atoms with Crippen molar-refractivity contribution in [3.63, 3.8) is 0 Å². The van der Waals surface area contributed by atoms with E-state index in [1.54, 1.807) is 0 Å². The van der Waals surface area contributed by atoms with Gasteiger partial charge in [0, 0.05) is 34.3 Å². The minimum atomic E-state index is 0. The summed E-state index contributed by atoms with van der Waals surface area (Å²) in [6.45, 7) is 0. The molecule has 0 aliphatic carbocycles. The maximum absolute atomic E-state index is 5.24. The number of hydrogen-bond acceptors (Lipinski definition) is 2. The fourth-order valence-electron chi connectivity index (χ4n) is 1.68. The standard InChI is InChI=1S/C9H7N.C7H8N2S.Cu/c1-2-6-9-8(4-1)5-3-7-10-9;8-7(10)9-6-4-2-1-3-5-6;/h1-7H;1-5H,(H3,8,9,10);. The van der Waals surface area contributed by atoms with Gasteiger partial charge >= 0.3 is 0 Å². The van der Waals surface area contributed by atoms with E-state index in [4.69, 9.17) is 5.73 Å². The molecule has 0 amide bonds. The van der Waals surface area contributed by atoms with Crippen molar-refractivity contribution >= 4 is 33.9 Å². The molecular formula is C16H15CuN3S. The summed E-state index contributed by atoms with van der Waals surface area (Å²) >= 11 is 4.64. The maximum Gasteiger partial charge on any atom is 0.168 e. The minimum absolute atomic E-state index is 0. The quantitative estimate of drug-likeness (QED) is 0.523. The van der Waals surface area contributed by atoms with Gasteiger partial charge in [0.15, 0.2) is 5.11 Å². The second-order valence-corrected chi connectivity index (χ2v) is 4.49. The molecule has 21 heavy (non-hydrogen) atoms. The number of hydrogen-bond donors (Lipinski definition) is 2. The first-order valence-corrected chi connectivity index (χ1v) is 6.58. The van der Waals surface area contributed by atoms with E-state index < -0.39 is 0 Å². The molecule has 0 saturated carbocycles. The van der Waals surface area contributed by atoms with E-state index in [-0.39, 0.29) is 17.1 Å². The fraction of sp³-hybridized carbons (Fsp3) is 0. The summed E-state index contributed by atoms with van der Waals surface area (Å²) in [5.74, 6) is 0. The average molecular weight is 345 g/mol. The number of thiocarbonyl (C=S) groups is 1. The predicted octanol–water partition coefficient (Wildman–Crippen LogP) is 3.57. The molecule has 0 spiro atoms. The Morgan fingerprint density at radius 3 is 2.19 bits per heavy atom. The van der Waals surface area contributed by atoms with Gasteiger partial charge in [-0.25, -0.2) is 0 Å². The summed E-state index contributed by atoms with van der Waals surface area (Å²) in [6.07, 6.45) is 1.81. The van der Waals surface area contributed by atoms with E-state index in [0.717, 1.165) is 11.2 Å². The van der Waals surface area contributed by atoms with Crippen LogP contribution in [0.4, 0.5) is 5.69 Å². The first-order valence-electron chi connectivity index (χ1n) is 6.17. The van der Waals surface area contributed by atoms with E-state index in [9.17, 15) is 0 Å². The van der Waals surface area contributed by atoms with Crippen molar-refractivity contribution in [1.29, 1.82) is 0 Å². The molecule has 0 aliphatic heterocycles. The van der Waals surface area contributed by atoms with Crippen LogP contribution < -0.4 is 11.1 Å². The molecule has 0 unspecified atom stereocenters. The van der Waals surface area contributed by atoms with Crippen LogP contribution in [0.1, 0.15) is 0 Å². The number of anilines is 1. The normalized spacial score (nSPS) is 8.95. The molecule has 111 valence electrons. The van der Waals surface area contributed by atoms with E-state index >= 15 is 0 Å². The summed E-state index contributed by atoms with van der Waals surface area (Å²) < 4.78 is 0. The van der Waals surface area contributed by atoms with Crippen molar-refractivity contribution in [3.05, 3.63) is 72.9 Å². The molecule has 0 bridgehead atoms. The molecule has 0 atom stereocenters. The molecule has 3 rings (SSSR count). The summed E-state index contributed by atoms with van der Waals surface area (Å²) in [7, 11) is 0. The third-order valence-corrected chi connectivity index (χ3v) is 2.66. The first kappa shape index (κ1) is 17.1. The fourth-order valence-corrected chi connectivity index (χ4v) is 1.80. The van der Waals surface area contributed by atoms with Crippen molar-refractivity contribution in [1.82, 2.24) is 4.98 Å². The number of nitrogens with zero attached hydrogens (tertiary/aromatic N) is 1. The Kier molecular flexibility index (Phi) is 7.40. The van der Waals surface area contributed by atoms with Gasteiger partial charge in [0.2, 0.25) is 0 Å². The third kappa shape index (κ3) is 5.92. The Labute approximate surface area is 140 Å². The second-order valence-electron chi connectivity index (χ2n) is 4.05. The number of fused-ring (bicyclic) bond motifs is 1. The molecular weight excluding hydrogens is 330 g/mol. The van der Waals surface area contributed by atoms with Crippen LogP contribution in [0.25, 0.3) is 10.9 Å². The van der Waals surface area contributed by atoms with Gasteiger partial charge in [0.25, 0.3) is 0 Å². The number of aromatic nitrogens is 1. The number of para-hydroxylation sites is 2. The number of benzene rings is 2.